The van der Waals surface area contributed by atoms with Crippen LogP contribution in [0.5, 0.6) is 23.0 Å². The van der Waals surface area contributed by atoms with Crippen molar-refractivity contribution in [3.63, 3.8) is 0 Å². The summed E-state index contributed by atoms with van der Waals surface area (Å²) >= 11 is 0. The highest BCUT2D eigenvalue weighted by atomic mass is 31.0. The van der Waals surface area contributed by atoms with E-state index in [4.69, 9.17) is 47.2 Å². The summed E-state index contributed by atoms with van der Waals surface area (Å²) in [4.78, 5) is 81.9. The zero-order chi connectivity index (χ0) is 62.9. The number of hydrogen-bond acceptors (Lipinski definition) is 17. The maximum atomic E-state index is 14.8. The Balaban J connectivity index is 1.05. The van der Waals surface area contributed by atoms with Gasteiger partial charge in [-0.15, -0.1) is 0 Å². The summed E-state index contributed by atoms with van der Waals surface area (Å²) in [7, 11) is 5.25. The van der Waals surface area contributed by atoms with E-state index in [2.05, 4.69) is 49.9 Å². The first-order valence-corrected chi connectivity index (χ1v) is 30.4. The van der Waals surface area contributed by atoms with Gasteiger partial charge in [0.15, 0.2) is 41.7 Å². The first kappa shape index (κ1) is 64.6. The molecule has 23 heteroatoms. The minimum atomic E-state index is -1.02. The van der Waals surface area contributed by atoms with Crippen LogP contribution in [0, 0.1) is 0 Å². The molecule has 6 aliphatic rings. The summed E-state index contributed by atoms with van der Waals surface area (Å²) < 4.78 is 61.9. The van der Waals surface area contributed by atoms with Crippen LogP contribution >= 0.6 is 9.47 Å². The number of ether oxygens (including phenoxy) is 9. The number of amides is 5. The van der Waals surface area contributed by atoms with Gasteiger partial charge in [-0.1, -0.05) is 24.3 Å². The SMILES string of the molecule is C=C1CC2[C@H](OC3CCCCO3)N(C(=O)OC(C)(C)C)c3cc(OCc4cc(COc5cc6c(cc5OC)C(=O)N5CC(=C)CC5(C)C(OP)N6C(=O)OC(C)(C)C)cc(N5CCN(CCCNC(=O)OC(C)(C)C)CC5)c4)c(OC)cc3C(=O)N2C1. The second-order valence-electron chi connectivity index (χ2n) is 26.4. The average molecular weight is 1230 g/mol. The van der Waals surface area contributed by atoms with Crippen molar-refractivity contribution in [1.82, 2.24) is 20.0 Å². The summed E-state index contributed by atoms with van der Waals surface area (Å²) in [5, 5.41) is 2.86. The Hall–Kier alpha value is -6.84. The van der Waals surface area contributed by atoms with Gasteiger partial charge in [0.2, 0.25) is 0 Å². The van der Waals surface area contributed by atoms with Crippen molar-refractivity contribution in [1.29, 1.82) is 0 Å². The fraction of sp³-hybridized carbons (Fsp3) is 0.578. The maximum Gasteiger partial charge on any atom is 0.417 e. The van der Waals surface area contributed by atoms with E-state index in [-0.39, 0.29) is 83.6 Å². The Labute approximate surface area is 513 Å². The van der Waals surface area contributed by atoms with Gasteiger partial charge in [0.1, 0.15) is 30.0 Å². The van der Waals surface area contributed by atoms with Gasteiger partial charge < -0.3 is 67.2 Å². The molecule has 3 aromatic rings. The highest BCUT2D eigenvalue weighted by molar-refractivity contribution is 7.09. The standard InChI is InChI=1S/C64H88N7O15P/c1-39-26-48-56(82-53-18-15-16-25-79-53)70(59(75)84-62(6,7)8)46-32-51(49(77-13)30-44(46)54(72)68(48)35-39)80-37-41-27-42(29-43(28-41)67-23-21-66(22-24-67)20-17-19-65-58(74)83-61(3,4)5)38-81-52-33-47-45(31-50(52)78-14)55(73)69-36-40(2)34-64(69,12)57(86-87)71(47)60(76)85-63(9,10)11/h27-33,48,53,56-57H,1-2,15-26,34-38,87H2,3-14H3,(H,65,74)/t48?,53?,56-,57?,64?/m0/s1. The number of benzene rings is 3. The summed E-state index contributed by atoms with van der Waals surface area (Å²) in [5.74, 6) is 0.345. The molecule has 4 fully saturated rings. The number of carbonyl (C=O) groups excluding carboxylic acids is 5. The Kier molecular flexibility index (Phi) is 19.4. The molecule has 0 bridgehead atoms. The molecule has 4 saturated heterocycles. The predicted octanol–water partition coefficient (Wildman–Crippen LogP) is 10.3. The molecular weight excluding hydrogens is 1140 g/mol. The van der Waals surface area contributed by atoms with Crippen LogP contribution in [0.1, 0.15) is 140 Å². The van der Waals surface area contributed by atoms with E-state index < -0.39 is 65.4 Å². The smallest absolute Gasteiger partial charge is 0.417 e. The number of alkyl carbamates (subject to hydrolysis) is 1. The Morgan fingerprint density at radius 1 is 0.713 bits per heavy atom. The first-order valence-electron chi connectivity index (χ1n) is 30.0. The highest BCUT2D eigenvalue weighted by Gasteiger charge is 2.56. The third-order valence-electron chi connectivity index (χ3n) is 15.9. The van der Waals surface area contributed by atoms with Gasteiger partial charge in [0, 0.05) is 79.7 Å². The predicted molar refractivity (Wildman–Crippen MR) is 331 cm³/mol. The van der Waals surface area contributed by atoms with E-state index in [0.29, 0.717) is 45.5 Å². The van der Waals surface area contributed by atoms with Gasteiger partial charge in [-0.05, 0) is 156 Å². The lowest BCUT2D eigenvalue weighted by Gasteiger charge is -2.42. The van der Waals surface area contributed by atoms with Gasteiger partial charge in [-0.2, -0.15) is 0 Å². The van der Waals surface area contributed by atoms with Crippen LogP contribution in [0.15, 0.2) is 66.8 Å². The summed E-state index contributed by atoms with van der Waals surface area (Å²) in [5.41, 5.74) is 1.45. The molecule has 6 atom stereocenters. The fourth-order valence-corrected chi connectivity index (χ4v) is 12.5. The Morgan fingerprint density at radius 2 is 1.29 bits per heavy atom. The van der Waals surface area contributed by atoms with E-state index in [1.54, 1.807) is 75.6 Å². The lowest BCUT2D eigenvalue weighted by Crippen LogP contribution is -2.59. The van der Waals surface area contributed by atoms with Crippen LogP contribution < -0.4 is 39.0 Å². The van der Waals surface area contributed by atoms with Gasteiger partial charge in [0.25, 0.3) is 11.8 Å². The van der Waals surface area contributed by atoms with Crippen molar-refractivity contribution in [2.24, 2.45) is 0 Å². The number of fused-ring (bicyclic) bond motifs is 4. The Bertz CT molecular complexity index is 3110. The summed E-state index contributed by atoms with van der Waals surface area (Å²) in [6.07, 6.45) is -0.642. The van der Waals surface area contributed by atoms with Crippen molar-refractivity contribution < 1.29 is 71.1 Å². The van der Waals surface area contributed by atoms with Crippen LogP contribution in [-0.4, -0.2) is 165 Å². The normalized spacial score (nSPS) is 22.6. The topological polar surface area (TPSA) is 209 Å². The van der Waals surface area contributed by atoms with E-state index >= 15 is 0 Å². The molecule has 6 heterocycles. The molecular formula is C64H88N7O15P. The number of nitrogens with zero attached hydrogens (tertiary/aromatic N) is 6. The molecule has 3 aromatic carbocycles. The number of piperazine rings is 1. The minimum Gasteiger partial charge on any atom is -0.493 e. The third-order valence-corrected chi connectivity index (χ3v) is 16.2. The minimum absolute atomic E-state index is 0.000477. The molecule has 5 unspecified atom stereocenters. The van der Waals surface area contributed by atoms with Crippen LogP contribution in [0.2, 0.25) is 0 Å². The zero-order valence-electron chi connectivity index (χ0n) is 52.7. The molecule has 5 amide bonds. The van der Waals surface area contributed by atoms with E-state index in [1.807, 2.05) is 33.8 Å². The molecule has 0 saturated carbocycles. The zero-order valence-corrected chi connectivity index (χ0v) is 53.8. The molecule has 0 spiro atoms. The molecule has 474 valence electrons. The molecule has 0 aliphatic carbocycles. The quantitative estimate of drug-likeness (QED) is 0.0612. The molecule has 0 radical (unpaired) electrons. The largest absolute Gasteiger partial charge is 0.493 e. The van der Waals surface area contributed by atoms with Crippen molar-refractivity contribution in [3.8, 4) is 23.0 Å². The third kappa shape index (κ3) is 14.8. The highest BCUT2D eigenvalue weighted by Crippen LogP contribution is 2.49. The number of anilines is 3. The lowest BCUT2D eigenvalue weighted by molar-refractivity contribution is -0.195. The molecule has 9 rings (SSSR count). The second-order valence-corrected chi connectivity index (χ2v) is 26.7. The maximum absolute atomic E-state index is 14.8. The van der Waals surface area contributed by atoms with Crippen molar-refractivity contribution in [2.45, 2.75) is 168 Å². The molecule has 22 nitrogen and oxygen atoms in total. The first-order chi connectivity index (χ1) is 41.1. The monoisotopic (exact) mass is 1230 g/mol. The van der Waals surface area contributed by atoms with Crippen molar-refractivity contribution >= 4 is 56.6 Å². The number of methoxy groups -OCH3 is 2. The van der Waals surface area contributed by atoms with Gasteiger partial charge in [-0.3, -0.25) is 14.5 Å². The Morgan fingerprint density at radius 3 is 1.84 bits per heavy atom. The van der Waals surface area contributed by atoms with E-state index in [0.717, 1.165) is 66.9 Å². The molecule has 87 heavy (non-hydrogen) atoms. The van der Waals surface area contributed by atoms with Gasteiger partial charge in [0.05, 0.1) is 48.3 Å². The number of hydrogen-bond donors (Lipinski definition) is 1. The number of carbonyl (C=O) groups is 5. The van der Waals surface area contributed by atoms with Gasteiger partial charge >= 0.3 is 18.3 Å². The van der Waals surface area contributed by atoms with E-state index in [9.17, 15) is 24.0 Å². The second kappa shape index (κ2) is 26.1. The molecule has 1 N–H and O–H groups in total. The number of nitrogens with one attached hydrogen (secondary N) is 1. The van der Waals surface area contributed by atoms with Gasteiger partial charge in [-0.25, -0.2) is 24.2 Å². The van der Waals surface area contributed by atoms with Crippen LogP contribution in [0.4, 0.5) is 31.4 Å². The fourth-order valence-electron chi connectivity index (χ4n) is 12.1. The van der Waals surface area contributed by atoms with Crippen molar-refractivity contribution in [2.75, 3.05) is 87.9 Å². The summed E-state index contributed by atoms with van der Waals surface area (Å²) in [6.45, 7) is 31.7. The van der Waals surface area contributed by atoms with Crippen molar-refractivity contribution in [3.05, 3.63) is 89.0 Å². The number of rotatable bonds is 16. The molecule has 0 aromatic heterocycles. The summed E-state index contributed by atoms with van der Waals surface area (Å²) in [6, 6.07) is 11.9. The van der Waals surface area contributed by atoms with E-state index in [1.165, 1.54) is 24.0 Å². The van der Waals surface area contributed by atoms with Crippen LogP contribution in [0.25, 0.3) is 0 Å². The lowest BCUT2D eigenvalue weighted by atomic mass is 9.94. The van der Waals surface area contributed by atoms with Crippen LogP contribution in [-0.2, 0) is 41.4 Å². The van der Waals surface area contributed by atoms with Crippen LogP contribution in [0.3, 0.4) is 0 Å². The molecule has 6 aliphatic heterocycles. The average Bonchev–Trinajstić information content (AvgIpc) is 1.79.